The molecule has 0 heterocycles. The first kappa shape index (κ1) is 17.0. The number of rotatable bonds is 8. The van der Waals surface area contributed by atoms with Gasteiger partial charge < -0.3 is 10.1 Å². The summed E-state index contributed by atoms with van der Waals surface area (Å²) in [5.41, 5.74) is 2.12. The molecule has 2 nitrogen and oxygen atoms in total. The van der Waals surface area contributed by atoms with Crippen molar-refractivity contribution in [3.8, 4) is 0 Å². The number of ether oxygens (including phenoxy) is 1. The molecule has 0 bridgehead atoms. The van der Waals surface area contributed by atoms with Crippen LogP contribution in [-0.2, 0) is 4.74 Å². The highest BCUT2D eigenvalue weighted by molar-refractivity contribution is 5.29. The van der Waals surface area contributed by atoms with Crippen LogP contribution < -0.4 is 5.32 Å². The summed E-state index contributed by atoms with van der Waals surface area (Å²) in [6, 6.07) is 7.74. The van der Waals surface area contributed by atoms with Crippen molar-refractivity contribution in [2.24, 2.45) is 0 Å². The van der Waals surface area contributed by atoms with Crippen LogP contribution in [-0.4, -0.2) is 32.5 Å². The van der Waals surface area contributed by atoms with Gasteiger partial charge in [0.25, 0.3) is 0 Å². The highest BCUT2D eigenvalue weighted by atomic mass is 19.4. The molecule has 5 heteroatoms. The quantitative estimate of drug-likeness (QED) is 0.737. The van der Waals surface area contributed by atoms with E-state index in [1.165, 1.54) is 0 Å². The van der Waals surface area contributed by atoms with Crippen molar-refractivity contribution in [2.75, 3.05) is 26.3 Å². The van der Waals surface area contributed by atoms with Gasteiger partial charge in [-0.1, -0.05) is 31.2 Å². The lowest BCUT2D eigenvalue weighted by molar-refractivity contribution is -0.174. The van der Waals surface area contributed by atoms with Crippen molar-refractivity contribution in [3.05, 3.63) is 35.4 Å². The van der Waals surface area contributed by atoms with Crippen LogP contribution in [0.1, 0.15) is 30.4 Å². The molecule has 0 aliphatic heterocycles. The van der Waals surface area contributed by atoms with E-state index in [4.69, 9.17) is 4.74 Å². The van der Waals surface area contributed by atoms with Crippen molar-refractivity contribution in [2.45, 2.75) is 32.4 Å². The van der Waals surface area contributed by atoms with Crippen LogP contribution >= 0.6 is 0 Å². The Labute approximate surface area is 118 Å². The molecule has 114 valence electrons. The van der Waals surface area contributed by atoms with Gasteiger partial charge in [0.15, 0.2) is 0 Å². The summed E-state index contributed by atoms with van der Waals surface area (Å²) in [6.07, 6.45) is -3.28. The van der Waals surface area contributed by atoms with Gasteiger partial charge >= 0.3 is 6.18 Å². The molecule has 0 amide bonds. The minimum absolute atomic E-state index is 0.0647. The zero-order valence-electron chi connectivity index (χ0n) is 12.0. The molecule has 20 heavy (non-hydrogen) atoms. The molecular weight excluding hydrogens is 267 g/mol. The van der Waals surface area contributed by atoms with Gasteiger partial charge in [-0.15, -0.1) is 0 Å². The molecule has 0 fully saturated rings. The molecule has 1 aromatic carbocycles. The molecule has 0 aliphatic rings. The zero-order chi connectivity index (χ0) is 15.0. The van der Waals surface area contributed by atoms with Crippen LogP contribution in [0.25, 0.3) is 0 Å². The van der Waals surface area contributed by atoms with E-state index < -0.39 is 12.8 Å². The van der Waals surface area contributed by atoms with E-state index in [-0.39, 0.29) is 12.5 Å². The van der Waals surface area contributed by atoms with E-state index in [9.17, 15) is 13.2 Å². The standard InChI is InChI=1S/C15H22F3NO/c1-3-8-19-9-13(10-20-11-15(16,17)18)14-7-5-4-6-12(14)2/h4-7,13,19H,3,8-11H2,1-2H3. The molecule has 0 aliphatic carbocycles. The Bertz CT molecular complexity index is 393. The number of nitrogens with one attached hydrogen (secondary N) is 1. The summed E-state index contributed by atoms with van der Waals surface area (Å²) in [5, 5.41) is 3.25. The molecule has 0 saturated heterocycles. The number of aryl methyl sites for hydroxylation is 1. The summed E-state index contributed by atoms with van der Waals surface area (Å²) < 4.78 is 41.3. The first-order valence-electron chi connectivity index (χ1n) is 6.84. The van der Waals surface area contributed by atoms with Crippen molar-refractivity contribution in [1.29, 1.82) is 0 Å². The zero-order valence-corrected chi connectivity index (χ0v) is 12.0. The maximum Gasteiger partial charge on any atom is 0.411 e. The summed E-state index contributed by atoms with van der Waals surface area (Å²) in [4.78, 5) is 0. The summed E-state index contributed by atoms with van der Waals surface area (Å²) in [5.74, 6) is -0.0647. The van der Waals surface area contributed by atoms with Crippen LogP contribution in [0.3, 0.4) is 0 Å². The van der Waals surface area contributed by atoms with Gasteiger partial charge in [0.05, 0.1) is 6.61 Å². The third-order valence-corrected chi connectivity index (χ3v) is 3.03. The highest BCUT2D eigenvalue weighted by Gasteiger charge is 2.28. The van der Waals surface area contributed by atoms with Gasteiger partial charge in [0, 0.05) is 12.5 Å². The summed E-state index contributed by atoms with van der Waals surface area (Å²) >= 11 is 0. The second-order valence-electron chi connectivity index (χ2n) is 4.89. The van der Waals surface area contributed by atoms with Crippen LogP contribution in [0.2, 0.25) is 0 Å². The Balaban J connectivity index is 2.63. The third-order valence-electron chi connectivity index (χ3n) is 3.03. The first-order chi connectivity index (χ1) is 9.44. The van der Waals surface area contributed by atoms with Gasteiger partial charge in [-0.2, -0.15) is 13.2 Å². The topological polar surface area (TPSA) is 21.3 Å². The minimum atomic E-state index is -4.27. The average Bonchev–Trinajstić information content (AvgIpc) is 2.37. The van der Waals surface area contributed by atoms with E-state index in [0.29, 0.717) is 6.54 Å². The molecule has 0 radical (unpaired) electrons. The molecule has 1 unspecified atom stereocenters. The van der Waals surface area contributed by atoms with Gasteiger partial charge in [0.1, 0.15) is 6.61 Å². The predicted molar refractivity (Wildman–Crippen MR) is 74.0 cm³/mol. The Morgan fingerprint density at radius 2 is 1.95 bits per heavy atom. The molecule has 1 rings (SSSR count). The number of benzene rings is 1. The maximum absolute atomic E-state index is 12.2. The molecule has 0 aromatic heterocycles. The van der Waals surface area contributed by atoms with Crippen molar-refractivity contribution < 1.29 is 17.9 Å². The van der Waals surface area contributed by atoms with E-state index in [1.807, 2.05) is 31.2 Å². The lowest BCUT2D eigenvalue weighted by Crippen LogP contribution is -2.27. The van der Waals surface area contributed by atoms with Gasteiger partial charge in [-0.3, -0.25) is 0 Å². The SMILES string of the molecule is CCCNCC(COCC(F)(F)F)c1ccccc1C. The summed E-state index contributed by atoms with van der Waals surface area (Å²) in [6.45, 7) is 4.37. The van der Waals surface area contributed by atoms with Gasteiger partial charge in [0.2, 0.25) is 0 Å². The first-order valence-corrected chi connectivity index (χ1v) is 6.84. The minimum Gasteiger partial charge on any atom is -0.371 e. The Morgan fingerprint density at radius 1 is 1.25 bits per heavy atom. The highest BCUT2D eigenvalue weighted by Crippen LogP contribution is 2.21. The van der Waals surface area contributed by atoms with Crippen molar-refractivity contribution in [3.63, 3.8) is 0 Å². The lowest BCUT2D eigenvalue weighted by atomic mass is 9.95. The van der Waals surface area contributed by atoms with E-state index >= 15 is 0 Å². The Hall–Kier alpha value is -1.07. The second kappa shape index (κ2) is 8.27. The Kier molecular flexibility index (Phi) is 7.02. The fraction of sp³-hybridized carbons (Fsp3) is 0.600. The average molecular weight is 289 g/mol. The van der Waals surface area contributed by atoms with E-state index in [2.05, 4.69) is 12.2 Å². The number of halogens is 3. The predicted octanol–water partition coefficient (Wildman–Crippen LogP) is 3.66. The maximum atomic E-state index is 12.2. The van der Waals surface area contributed by atoms with Crippen molar-refractivity contribution in [1.82, 2.24) is 5.32 Å². The van der Waals surface area contributed by atoms with E-state index in [0.717, 1.165) is 24.1 Å². The van der Waals surface area contributed by atoms with Gasteiger partial charge in [-0.05, 0) is 31.0 Å². The lowest BCUT2D eigenvalue weighted by Gasteiger charge is -2.20. The van der Waals surface area contributed by atoms with Crippen molar-refractivity contribution >= 4 is 0 Å². The van der Waals surface area contributed by atoms with Crippen LogP contribution in [0.5, 0.6) is 0 Å². The number of hydrogen-bond donors (Lipinski definition) is 1. The monoisotopic (exact) mass is 289 g/mol. The number of hydrogen-bond acceptors (Lipinski definition) is 2. The molecule has 1 atom stereocenters. The van der Waals surface area contributed by atoms with Crippen LogP contribution in [0, 0.1) is 6.92 Å². The molecule has 1 aromatic rings. The third kappa shape index (κ3) is 6.39. The fourth-order valence-corrected chi connectivity index (χ4v) is 2.07. The molecule has 0 saturated carbocycles. The van der Waals surface area contributed by atoms with Crippen LogP contribution in [0.4, 0.5) is 13.2 Å². The molecule has 1 N–H and O–H groups in total. The molecule has 0 spiro atoms. The molecular formula is C15H22F3NO. The normalized spacial score (nSPS) is 13.4. The second-order valence-corrected chi connectivity index (χ2v) is 4.89. The van der Waals surface area contributed by atoms with E-state index in [1.54, 1.807) is 0 Å². The Morgan fingerprint density at radius 3 is 2.55 bits per heavy atom. The fourth-order valence-electron chi connectivity index (χ4n) is 2.07. The van der Waals surface area contributed by atoms with Crippen LogP contribution in [0.15, 0.2) is 24.3 Å². The largest absolute Gasteiger partial charge is 0.411 e. The smallest absolute Gasteiger partial charge is 0.371 e. The summed E-state index contributed by atoms with van der Waals surface area (Å²) in [7, 11) is 0. The van der Waals surface area contributed by atoms with Gasteiger partial charge in [-0.25, -0.2) is 0 Å². The number of alkyl halides is 3.